The molecular weight excluding hydrogens is 100 g/mol. The molecule has 0 aliphatic carbocycles. The maximum atomic E-state index is 9.48. The van der Waals surface area contributed by atoms with Gasteiger partial charge in [0.05, 0.1) is 0 Å². The third-order valence-corrected chi connectivity index (χ3v) is 0.308. The fourth-order valence-electron chi connectivity index (χ4n) is 0.0481. The van der Waals surface area contributed by atoms with Crippen LogP contribution in [-0.4, -0.2) is 18.0 Å². The van der Waals surface area contributed by atoms with E-state index in [0.29, 0.717) is 0 Å². The van der Waals surface area contributed by atoms with Gasteiger partial charge in [0.25, 0.3) is 0 Å². The number of hydrogen-bond acceptors (Lipinski definition) is 4. The van der Waals surface area contributed by atoms with Gasteiger partial charge in [-0.25, -0.2) is 0 Å². The molecule has 0 bridgehead atoms. The summed E-state index contributed by atoms with van der Waals surface area (Å²) in [5, 5.41) is 9.24. The van der Waals surface area contributed by atoms with Gasteiger partial charge in [0.2, 0.25) is 5.78 Å². The van der Waals surface area contributed by atoms with Crippen molar-refractivity contribution in [3.05, 3.63) is 0 Å². The number of carbonyl (C=O) groups is 3. The van der Waals surface area contributed by atoms with Crippen molar-refractivity contribution in [3.8, 4) is 0 Å². The molecule has 4 heteroatoms. The van der Waals surface area contributed by atoms with E-state index in [1.165, 1.54) is 0 Å². The molecule has 0 heterocycles. The van der Waals surface area contributed by atoms with E-state index in [9.17, 15) is 19.5 Å². The Morgan fingerprint density at radius 2 is 1.86 bits per heavy atom. The van der Waals surface area contributed by atoms with Crippen LogP contribution >= 0.6 is 0 Å². The molecule has 0 radical (unpaired) electrons. The molecule has 0 unspecified atom stereocenters. The smallest absolute Gasteiger partial charge is 0.240 e. The molecule has 4 nitrogen and oxygen atoms in total. The molecule has 7 heavy (non-hydrogen) atoms. The molecule has 38 valence electrons. The maximum absolute atomic E-state index is 9.48. The minimum atomic E-state index is -1.96. The van der Waals surface area contributed by atoms with Crippen LogP contribution in [0, 0.1) is 0 Å². The second-order valence-corrected chi connectivity index (χ2v) is 0.770. The fourth-order valence-corrected chi connectivity index (χ4v) is 0.0481. The highest BCUT2D eigenvalue weighted by molar-refractivity contribution is 6.54. The lowest BCUT2D eigenvalue weighted by molar-refractivity contribution is -0.299. The average Bonchev–Trinajstić information content (AvgIpc) is 1.65. The second-order valence-electron chi connectivity index (χ2n) is 0.770. The van der Waals surface area contributed by atoms with E-state index in [1.54, 1.807) is 0 Å². The van der Waals surface area contributed by atoms with E-state index in [1.807, 2.05) is 0 Å². The Morgan fingerprint density at radius 3 is 1.86 bits per heavy atom. The number of ketones is 1. The summed E-state index contributed by atoms with van der Waals surface area (Å²) in [5.74, 6) is -3.49. The Kier molecular flexibility index (Phi) is 1.72. The monoisotopic (exact) mass is 101 g/mol. The summed E-state index contributed by atoms with van der Waals surface area (Å²) >= 11 is 0. The molecule has 0 aliphatic rings. The van der Waals surface area contributed by atoms with E-state index < -0.39 is 11.8 Å². The minimum absolute atomic E-state index is 0.310. The number of rotatable bonds is 2. The zero-order valence-electron chi connectivity index (χ0n) is 3.21. The summed E-state index contributed by atoms with van der Waals surface area (Å²) in [6, 6.07) is 0. The zero-order valence-corrected chi connectivity index (χ0v) is 3.21. The van der Waals surface area contributed by atoms with Gasteiger partial charge in [-0.3, -0.25) is 9.59 Å². The van der Waals surface area contributed by atoms with Gasteiger partial charge in [-0.2, -0.15) is 0 Å². The van der Waals surface area contributed by atoms with E-state index >= 15 is 0 Å². The molecule has 0 amide bonds. The number of aliphatic carboxylic acids is 1. The predicted octanol–water partition coefficient (Wildman–Crippen LogP) is -2.50. The van der Waals surface area contributed by atoms with Crippen molar-refractivity contribution in [2.75, 3.05) is 0 Å². The SMILES string of the molecule is O=CC(=O)C(=O)[O-]. The molecule has 0 spiro atoms. The van der Waals surface area contributed by atoms with Gasteiger partial charge >= 0.3 is 0 Å². The summed E-state index contributed by atoms with van der Waals surface area (Å²) in [5.41, 5.74) is 0. The lowest BCUT2D eigenvalue weighted by Crippen LogP contribution is -2.32. The highest BCUT2D eigenvalue weighted by Crippen LogP contribution is 1.54. The number of carboxylic acids is 1. The quantitative estimate of drug-likeness (QED) is 0.219. The first-order valence-electron chi connectivity index (χ1n) is 1.39. The first-order chi connectivity index (χ1) is 3.18. The van der Waals surface area contributed by atoms with Gasteiger partial charge in [0.15, 0.2) is 6.29 Å². The van der Waals surface area contributed by atoms with Crippen LogP contribution in [0.3, 0.4) is 0 Å². The third-order valence-electron chi connectivity index (χ3n) is 0.308. The molecule has 0 saturated carbocycles. The molecule has 0 atom stereocenters. The molecule has 0 N–H and O–H groups in total. The Balaban J connectivity index is 3.81. The molecule has 0 rings (SSSR count). The van der Waals surface area contributed by atoms with Crippen molar-refractivity contribution in [2.24, 2.45) is 0 Å². The topological polar surface area (TPSA) is 74.3 Å². The lowest BCUT2D eigenvalue weighted by Gasteiger charge is -1.86. The second kappa shape index (κ2) is 2.07. The van der Waals surface area contributed by atoms with Gasteiger partial charge < -0.3 is 9.90 Å². The first kappa shape index (κ1) is 5.81. The zero-order chi connectivity index (χ0) is 5.86. The van der Waals surface area contributed by atoms with Crippen molar-refractivity contribution >= 4 is 18.0 Å². The lowest BCUT2D eigenvalue weighted by atomic mass is 10.5. The number of Topliss-reactive ketones (excluding diaryl/α,β-unsaturated/α-hetero) is 1. The van der Waals surface area contributed by atoms with E-state index in [4.69, 9.17) is 0 Å². The largest absolute Gasteiger partial charge is 0.541 e. The summed E-state index contributed by atoms with van der Waals surface area (Å²) in [7, 11) is 0. The van der Waals surface area contributed by atoms with Crippen molar-refractivity contribution in [1.82, 2.24) is 0 Å². The van der Waals surface area contributed by atoms with Crippen molar-refractivity contribution in [2.45, 2.75) is 0 Å². The summed E-state index contributed by atoms with van der Waals surface area (Å²) in [6.07, 6.45) is -0.310. The van der Waals surface area contributed by atoms with Crippen molar-refractivity contribution in [3.63, 3.8) is 0 Å². The van der Waals surface area contributed by atoms with Gasteiger partial charge in [0, 0.05) is 0 Å². The highest BCUT2D eigenvalue weighted by Gasteiger charge is 1.94. The van der Waals surface area contributed by atoms with Crippen LogP contribution < -0.4 is 5.11 Å². The average molecular weight is 101 g/mol. The molecule has 0 fully saturated rings. The first-order valence-corrected chi connectivity index (χ1v) is 1.39. The van der Waals surface area contributed by atoms with Crippen LogP contribution in [0.1, 0.15) is 0 Å². The fraction of sp³-hybridized carbons (Fsp3) is 0. The van der Waals surface area contributed by atoms with E-state index in [-0.39, 0.29) is 6.29 Å². The van der Waals surface area contributed by atoms with Crippen LogP contribution in [-0.2, 0) is 14.4 Å². The molecule has 0 aromatic heterocycles. The Hall–Kier alpha value is -1.19. The summed E-state index contributed by atoms with van der Waals surface area (Å²) in [6.45, 7) is 0. The van der Waals surface area contributed by atoms with Crippen LogP contribution in [0.5, 0.6) is 0 Å². The number of carboxylic acid groups (broad SMARTS) is 1. The van der Waals surface area contributed by atoms with E-state index in [0.717, 1.165) is 0 Å². The summed E-state index contributed by atoms with van der Waals surface area (Å²) in [4.78, 5) is 27.9. The Bertz CT molecular complexity index is 114. The predicted molar refractivity (Wildman–Crippen MR) is 16.1 cm³/mol. The van der Waals surface area contributed by atoms with Gasteiger partial charge in [-0.1, -0.05) is 0 Å². The molecule has 0 aromatic rings. The third kappa shape index (κ3) is 1.64. The van der Waals surface area contributed by atoms with Gasteiger partial charge in [0.1, 0.15) is 5.97 Å². The standard InChI is InChI=1S/C3H2O4/c4-1-2(5)3(6)7/h1H,(H,6,7)/p-1. The Labute approximate surface area is 38.7 Å². The maximum Gasteiger partial charge on any atom is 0.240 e. The van der Waals surface area contributed by atoms with Gasteiger partial charge in [-0.15, -0.1) is 0 Å². The number of aldehydes is 1. The van der Waals surface area contributed by atoms with Gasteiger partial charge in [-0.05, 0) is 0 Å². The molecule has 0 aromatic carbocycles. The normalized spacial score (nSPS) is 7.43. The Morgan fingerprint density at radius 1 is 1.43 bits per heavy atom. The molecular formula is C3HO4-. The molecule has 0 aliphatic heterocycles. The summed E-state index contributed by atoms with van der Waals surface area (Å²) < 4.78 is 0. The van der Waals surface area contributed by atoms with Crippen LogP contribution in [0.4, 0.5) is 0 Å². The highest BCUT2D eigenvalue weighted by atomic mass is 16.4. The van der Waals surface area contributed by atoms with Crippen LogP contribution in [0.2, 0.25) is 0 Å². The minimum Gasteiger partial charge on any atom is -0.541 e. The van der Waals surface area contributed by atoms with Crippen molar-refractivity contribution < 1.29 is 19.5 Å². The van der Waals surface area contributed by atoms with Crippen LogP contribution in [0.25, 0.3) is 0 Å². The van der Waals surface area contributed by atoms with Crippen molar-refractivity contribution in [1.29, 1.82) is 0 Å². The van der Waals surface area contributed by atoms with E-state index in [2.05, 4.69) is 0 Å². The number of carbonyl (C=O) groups excluding carboxylic acids is 3. The van der Waals surface area contributed by atoms with Crippen LogP contribution in [0.15, 0.2) is 0 Å². The molecule has 0 saturated heterocycles. The number of hydrogen-bond donors (Lipinski definition) is 0.